The zero-order chi connectivity index (χ0) is 12.0. The highest BCUT2D eigenvalue weighted by atomic mass is 16.5. The minimum atomic E-state index is -0.519. The minimum Gasteiger partial charge on any atom is -0.468 e. The van der Waals surface area contributed by atoms with Gasteiger partial charge >= 0.3 is 5.97 Å². The van der Waals surface area contributed by atoms with Crippen LogP contribution in [0.1, 0.15) is 32.1 Å². The monoisotopic (exact) mass is 233 g/mol. The molecule has 1 atom stereocenters. The molecule has 0 N–H and O–H groups in total. The molecule has 3 heteroatoms. The molecular formula is C14H19NO2. The Hall–Kier alpha value is -1.04. The van der Waals surface area contributed by atoms with Crippen LogP contribution >= 0.6 is 0 Å². The average molecular weight is 233 g/mol. The van der Waals surface area contributed by atoms with Crippen molar-refractivity contribution in [1.29, 1.82) is 5.26 Å². The zero-order valence-electron chi connectivity index (χ0n) is 10.3. The molecule has 0 saturated heterocycles. The van der Waals surface area contributed by atoms with Crippen molar-refractivity contribution in [3.8, 4) is 6.07 Å². The van der Waals surface area contributed by atoms with Gasteiger partial charge in [0.1, 0.15) is 5.92 Å². The Morgan fingerprint density at radius 1 is 1.18 bits per heavy atom. The molecule has 4 rings (SSSR count). The molecule has 92 valence electrons. The Morgan fingerprint density at radius 3 is 2.12 bits per heavy atom. The van der Waals surface area contributed by atoms with Crippen molar-refractivity contribution in [2.75, 3.05) is 7.11 Å². The van der Waals surface area contributed by atoms with Crippen molar-refractivity contribution in [2.45, 2.75) is 32.1 Å². The molecule has 4 bridgehead atoms. The third-order valence-electron chi connectivity index (χ3n) is 5.28. The smallest absolute Gasteiger partial charge is 0.323 e. The molecule has 0 aromatic heterocycles. The van der Waals surface area contributed by atoms with Gasteiger partial charge in [0.05, 0.1) is 13.2 Å². The van der Waals surface area contributed by atoms with Gasteiger partial charge in [-0.15, -0.1) is 0 Å². The molecule has 0 aliphatic heterocycles. The summed E-state index contributed by atoms with van der Waals surface area (Å²) in [5, 5.41) is 9.26. The number of nitrogens with zero attached hydrogens (tertiary/aromatic N) is 1. The Labute approximate surface area is 102 Å². The summed E-state index contributed by atoms with van der Waals surface area (Å²) in [5.74, 6) is 2.42. The third-order valence-corrected chi connectivity index (χ3v) is 5.28. The quantitative estimate of drug-likeness (QED) is 0.688. The summed E-state index contributed by atoms with van der Waals surface area (Å²) >= 11 is 0. The van der Waals surface area contributed by atoms with Gasteiger partial charge in [-0.05, 0) is 61.7 Å². The maximum absolute atomic E-state index is 11.7. The fourth-order valence-corrected chi connectivity index (χ4v) is 4.93. The van der Waals surface area contributed by atoms with Crippen LogP contribution in [0.3, 0.4) is 0 Å². The van der Waals surface area contributed by atoms with Gasteiger partial charge in [-0.2, -0.15) is 5.26 Å². The summed E-state index contributed by atoms with van der Waals surface area (Å²) in [6.07, 6.45) is 6.37. The molecule has 0 spiro atoms. The molecule has 0 amide bonds. The van der Waals surface area contributed by atoms with Crippen LogP contribution in [0.25, 0.3) is 0 Å². The van der Waals surface area contributed by atoms with E-state index in [0.717, 1.165) is 11.8 Å². The van der Waals surface area contributed by atoms with Gasteiger partial charge in [0, 0.05) is 0 Å². The van der Waals surface area contributed by atoms with Gasteiger partial charge in [-0.25, -0.2) is 0 Å². The molecule has 4 aliphatic carbocycles. The molecule has 17 heavy (non-hydrogen) atoms. The van der Waals surface area contributed by atoms with E-state index in [4.69, 9.17) is 4.74 Å². The van der Waals surface area contributed by atoms with Crippen LogP contribution in [-0.2, 0) is 9.53 Å². The van der Waals surface area contributed by atoms with Crippen LogP contribution in [0.15, 0.2) is 0 Å². The molecule has 4 aliphatic rings. The maximum atomic E-state index is 11.7. The molecular weight excluding hydrogens is 214 g/mol. The van der Waals surface area contributed by atoms with Crippen molar-refractivity contribution < 1.29 is 9.53 Å². The molecule has 0 radical (unpaired) electrons. The van der Waals surface area contributed by atoms with Gasteiger partial charge < -0.3 is 4.74 Å². The number of hydrogen-bond acceptors (Lipinski definition) is 3. The van der Waals surface area contributed by atoms with E-state index in [1.54, 1.807) is 0 Å². The van der Waals surface area contributed by atoms with E-state index in [1.165, 1.54) is 39.2 Å². The Morgan fingerprint density at radius 2 is 1.71 bits per heavy atom. The standard InChI is InChI=1S/C14H19NO2/c1-17-14(16)12(7-15)13-10-3-8-2-9(5-10)6-11(13)4-8/h8-13H,2-6H2,1H3. The first-order chi connectivity index (χ1) is 8.22. The van der Waals surface area contributed by atoms with Gasteiger partial charge in [-0.3, -0.25) is 4.79 Å². The number of methoxy groups -OCH3 is 1. The lowest BCUT2D eigenvalue weighted by molar-refractivity contribution is -0.151. The van der Waals surface area contributed by atoms with Crippen LogP contribution in [0.4, 0.5) is 0 Å². The molecule has 0 heterocycles. The first kappa shape index (κ1) is 11.1. The molecule has 1 unspecified atom stereocenters. The van der Waals surface area contributed by atoms with Crippen molar-refractivity contribution in [1.82, 2.24) is 0 Å². The molecule has 4 saturated carbocycles. The highest BCUT2D eigenvalue weighted by molar-refractivity contribution is 5.75. The normalized spacial score (nSPS) is 44.1. The number of nitriles is 1. The molecule has 0 aromatic carbocycles. The number of hydrogen-bond donors (Lipinski definition) is 0. The SMILES string of the molecule is COC(=O)C(C#N)C1C2CC3CC(C2)CC1C3. The van der Waals surface area contributed by atoms with E-state index in [0.29, 0.717) is 11.8 Å². The first-order valence-corrected chi connectivity index (χ1v) is 6.70. The number of carbonyl (C=O) groups is 1. The fourth-order valence-electron chi connectivity index (χ4n) is 4.93. The van der Waals surface area contributed by atoms with E-state index in [-0.39, 0.29) is 11.9 Å². The third kappa shape index (κ3) is 1.66. The molecule has 4 fully saturated rings. The molecule has 0 aromatic rings. The summed E-state index contributed by atoms with van der Waals surface area (Å²) in [6.45, 7) is 0. The lowest BCUT2D eigenvalue weighted by Gasteiger charge is -2.55. The summed E-state index contributed by atoms with van der Waals surface area (Å²) in [4.78, 5) is 11.7. The van der Waals surface area contributed by atoms with Gasteiger partial charge in [-0.1, -0.05) is 0 Å². The number of carbonyl (C=O) groups excluding carboxylic acids is 1. The van der Waals surface area contributed by atoms with E-state index in [9.17, 15) is 10.1 Å². The predicted octanol–water partition coefficient (Wildman–Crippen LogP) is 2.37. The second kappa shape index (κ2) is 4.01. The summed E-state index contributed by atoms with van der Waals surface area (Å²) in [5.41, 5.74) is 0. The lowest BCUT2D eigenvalue weighted by Crippen LogP contribution is -2.49. The predicted molar refractivity (Wildman–Crippen MR) is 61.7 cm³/mol. The number of esters is 1. The second-order valence-corrected chi connectivity index (χ2v) is 6.14. The van der Waals surface area contributed by atoms with E-state index in [1.807, 2.05) is 0 Å². The fraction of sp³-hybridized carbons (Fsp3) is 0.857. The summed E-state index contributed by atoms with van der Waals surface area (Å²) in [7, 11) is 1.39. The van der Waals surface area contributed by atoms with Gasteiger partial charge in [0.2, 0.25) is 0 Å². The topological polar surface area (TPSA) is 50.1 Å². The number of ether oxygens (including phenoxy) is 1. The Balaban J connectivity index is 1.84. The zero-order valence-corrected chi connectivity index (χ0v) is 10.3. The highest BCUT2D eigenvalue weighted by Gasteiger charge is 2.52. The largest absolute Gasteiger partial charge is 0.468 e. The second-order valence-electron chi connectivity index (χ2n) is 6.14. The van der Waals surface area contributed by atoms with Crippen LogP contribution in [0.5, 0.6) is 0 Å². The van der Waals surface area contributed by atoms with Gasteiger partial charge in [0.15, 0.2) is 0 Å². The first-order valence-electron chi connectivity index (χ1n) is 6.70. The van der Waals surface area contributed by atoms with E-state index < -0.39 is 5.92 Å². The Bertz CT molecular complexity index is 343. The van der Waals surface area contributed by atoms with Crippen LogP contribution in [0.2, 0.25) is 0 Å². The highest BCUT2D eigenvalue weighted by Crippen LogP contribution is 2.58. The Kier molecular flexibility index (Phi) is 2.61. The van der Waals surface area contributed by atoms with Crippen molar-refractivity contribution in [3.05, 3.63) is 0 Å². The lowest BCUT2D eigenvalue weighted by atomic mass is 9.50. The minimum absolute atomic E-state index is 0.278. The van der Waals surface area contributed by atoms with Crippen molar-refractivity contribution in [2.24, 2.45) is 35.5 Å². The van der Waals surface area contributed by atoms with E-state index in [2.05, 4.69) is 6.07 Å². The summed E-state index contributed by atoms with van der Waals surface area (Å²) in [6, 6.07) is 2.21. The average Bonchev–Trinajstić information content (AvgIpc) is 2.32. The van der Waals surface area contributed by atoms with Crippen LogP contribution < -0.4 is 0 Å². The summed E-state index contributed by atoms with van der Waals surface area (Å²) < 4.78 is 4.80. The van der Waals surface area contributed by atoms with Gasteiger partial charge in [0.25, 0.3) is 0 Å². The van der Waals surface area contributed by atoms with Crippen molar-refractivity contribution >= 4 is 5.97 Å². The molecule has 3 nitrogen and oxygen atoms in total. The van der Waals surface area contributed by atoms with Crippen LogP contribution in [0, 0.1) is 46.8 Å². The number of rotatable bonds is 2. The maximum Gasteiger partial charge on any atom is 0.323 e. The van der Waals surface area contributed by atoms with Crippen molar-refractivity contribution in [3.63, 3.8) is 0 Å². The van der Waals surface area contributed by atoms with Crippen LogP contribution in [-0.4, -0.2) is 13.1 Å². The van der Waals surface area contributed by atoms with E-state index >= 15 is 0 Å².